The first-order chi connectivity index (χ1) is 9.92. The molecule has 0 spiro atoms. The van der Waals surface area contributed by atoms with Crippen molar-refractivity contribution < 1.29 is 19.1 Å². The number of Topliss-reactive ketones (excluding diaryl/α,β-unsaturated/α-hetero) is 1. The Bertz CT molecular complexity index is 530. The molecule has 0 aliphatic carbocycles. The molecular formula is C15H19NO4S. The van der Waals surface area contributed by atoms with Crippen LogP contribution in [0.3, 0.4) is 0 Å². The van der Waals surface area contributed by atoms with Crippen LogP contribution in [0.15, 0.2) is 29.2 Å². The Kier molecular flexibility index (Phi) is 6.94. The molecule has 21 heavy (non-hydrogen) atoms. The fourth-order valence-corrected chi connectivity index (χ4v) is 2.72. The quantitative estimate of drug-likeness (QED) is 0.619. The summed E-state index contributed by atoms with van der Waals surface area (Å²) in [5, 5.41) is 2.19. The monoisotopic (exact) mass is 309 g/mol. The van der Waals surface area contributed by atoms with Gasteiger partial charge in [-0.3, -0.25) is 14.4 Å². The van der Waals surface area contributed by atoms with Gasteiger partial charge in [0.1, 0.15) is 5.78 Å². The van der Waals surface area contributed by atoms with E-state index in [0.717, 1.165) is 4.90 Å². The smallest absolute Gasteiger partial charge is 0.307 e. The van der Waals surface area contributed by atoms with Gasteiger partial charge in [0.2, 0.25) is 5.91 Å². The highest BCUT2D eigenvalue weighted by Gasteiger charge is 2.20. The molecule has 1 N–H and O–H groups in total. The largest absolute Gasteiger partial charge is 0.466 e. The van der Waals surface area contributed by atoms with Crippen LogP contribution < -0.4 is 5.32 Å². The SMILES string of the molecule is CCOC(=O)CC(Sc1cccc(NC(C)=O)c1)C(C)=O. The number of carbonyl (C=O) groups is 3. The molecule has 5 nitrogen and oxygen atoms in total. The molecule has 114 valence electrons. The normalized spacial score (nSPS) is 11.6. The lowest BCUT2D eigenvalue weighted by atomic mass is 10.2. The second-order valence-corrected chi connectivity index (χ2v) is 5.71. The van der Waals surface area contributed by atoms with Gasteiger partial charge in [-0.05, 0) is 32.0 Å². The van der Waals surface area contributed by atoms with Crippen molar-refractivity contribution in [3.8, 4) is 0 Å². The molecule has 0 radical (unpaired) electrons. The summed E-state index contributed by atoms with van der Waals surface area (Å²) in [7, 11) is 0. The summed E-state index contributed by atoms with van der Waals surface area (Å²) in [6.07, 6.45) is 0.0399. The van der Waals surface area contributed by atoms with E-state index in [4.69, 9.17) is 4.74 Å². The molecule has 1 amide bonds. The van der Waals surface area contributed by atoms with E-state index in [-0.39, 0.29) is 24.1 Å². The zero-order chi connectivity index (χ0) is 15.8. The number of nitrogens with one attached hydrogen (secondary N) is 1. The van der Waals surface area contributed by atoms with Crippen molar-refractivity contribution in [2.75, 3.05) is 11.9 Å². The summed E-state index contributed by atoms with van der Waals surface area (Å²) >= 11 is 1.29. The summed E-state index contributed by atoms with van der Waals surface area (Å²) in [5.41, 5.74) is 0.658. The number of rotatable bonds is 7. The van der Waals surface area contributed by atoms with Crippen LogP contribution in [-0.2, 0) is 19.1 Å². The maximum Gasteiger partial charge on any atom is 0.307 e. The van der Waals surface area contributed by atoms with Crippen molar-refractivity contribution in [2.24, 2.45) is 0 Å². The van der Waals surface area contributed by atoms with Crippen LogP contribution in [0.1, 0.15) is 27.2 Å². The Morgan fingerprint density at radius 3 is 2.57 bits per heavy atom. The number of ketones is 1. The molecule has 1 rings (SSSR count). The van der Waals surface area contributed by atoms with Crippen LogP contribution in [0.5, 0.6) is 0 Å². The van der Waals surface area contributed by atoms with Crippen molar-refractivity contribution in [1.29, 1.82) is 0 Å². The molecule has 0 bridgehead atoms. The first-order valence-electron chi connectivity index (χ1n) is 6.62. The van der Waals surface area contributed by atoms with Gasteiger partial charge >= 0.3 is 5.97 Å². The van der Waals surface area contributed by atoms with Gasteiger partial charge in [0, 0.05) is 17.5 Å². The number of ether oxygens (including phenoxy) is 1. The van der Waals surface area contributed by atoms with Gasteiger partial charge in [0.15, 0.2) is 0 Å². The van der Waals surface area contributed by atoms with E-state index in [2.05, 4.69) is 5.32 Å². The van der Waals surface area contributed by atoms with Crippen LogP contribution in [0.2, 0.25) is 0 Å². The van der Waals surface area contributed by atoms with Crippen LogP contribution in [0, 0.1) is 0 Å². The highest BCUT2D eigenvalue weighted by atomic mass is 32.2. The third-order valence-corrected chi connectivity index (χ3v) is 3.85. The maximum absolute atomic E-state index is 11.7. The Morgan fingerprint density at radius 1 is 1.29 bits per heavy atom. The zero-order valence-corrected chi connectivity index (χ0v) is 13.2. The first-order valence-corrected chi connectivity index (χ1v) is 7.50. The molecule has 0 fully saturated rings. The zero-order valence-electron chi connectivity index (χ0n) is 12.3. The number of amides is 1. The Labute approximate surface area is 128 Å². The third kappa shape index (κ3) is 6.44. The Balaban J connectivity index is 2.77. The summed E-state index contributed by atoms with van der Waals surface area (Å²) in [6.45, 7) is 4.91. The fraction of sp³-hybridized carbons (Fsp3) is 0.400. The number of carbonyl (C=O) groups excluding carboxylic acids is 3. The summed E-state index contributed by atoms with van der Waals surface area (Å²) in [6, 6.07) is 7.15. The molecule has 1 atom stereocenters. The van der Waals surface area contributed by atoms with Crippen LogP contribution in [-0.4, -0.2) is 29.5 Å². The lowest BCUT2D eigenvalue weighted by molar-refractivity contribution is -0.144. The van der Waals surface area contributed by atoms with Crippen molar-refractivity contribution in [2.45, 2.75) is 37.3 Å². The van der Waals surface area contributed by atoms with E-state index < -0.39 is 5.25 Å². The number of benzene rings is 1. The number of hydrogen-bond acceptors (Lipinski definition) is 5. The lowest BCUT2D eigenvalue weighted by Crippen LogP contribution is -2.20. The minimum absolute atomic E-state index is 0.0399. The van der Waals surface area contributed by atoms with Crippen molar-refractivity contribution >= 4 is 35.1 Å². The highest BCUT2D eigenvalue weighted by Crippen LogP contribution is 2.28. The fourth-order valence-electron chi connectivity index (χ4n) is 1.65. The Morgan fingerprint density at radius 2 is 2.00 bits per heavy atom. The predicted molar refractivity (Wildman–Crippen MR) is 82.3 cm³/mol. The van der Waals surface area contributed by atoms with Gasteiger partial charge in [-0.2, -0.15) is 0 Å². The predicted octanol–water partition coefficient (Wildman–Crippen LogP) is 2.65. The summed E-state index contributed by atoms with van der Waals surface area (Å²) in [5.74, 6) is -0.631. The number of hydrogen-bond donors (Lipinski definition) is 1. The molecule has 0 saturated carbocycles. The van der Waals surface area contributed by atoms with Crippen LogP contribution in [0.4, 0.5) is 5.69 Å². The maximum atomic E-state index is 11.7. The molecular weight excluding hydrogens is 290 g/mol. The van der Waals surface area contributed by atoms with Gasteiger partial charge in [-0.1, -0.05) is 6.07 Å². The standard InChI is InChI=1S/C15H19NO4S/c1-4-20-15(19)9-14(10(2)17)21-13-7-5-6-12(8-13)16-11(3)18/h5-8,14H,4,9H2,1-3H3,(H,16,18). The second-order valence-electron chi connectivity index (χ2n) is 4.44. The van der Waals surface area contributed by atoms with Crippen LogP contribution >= 0.6 is 11.8 Å². The number of thioether (sulfide) groups is 1. The molecule has 1 aromatic carbocycles. The van der Waals surface area contributed by atoms with E-state index in [1.165, 1.54) is 25.6 Å². The lowest BCUT2D eigenvalue weighted by Gasteiger charge is -2.13. The molecule has 1 unspecified atom stereocenters. The average molecular weight is 309 g/mol. The van der Waals surface area contributed by atoms with E-state index in [1.807, 2.05) is 6.07 Å². The first kappa shape index (κ1) is 17.2. The minimum atomic E-state index is -0.489. The topological polar surface area (TPSA) is 72.5 Å². The molecule has 0 saturated heterocycles. The van der Waals surface area contributed by atoms with Gasteiger partial charge in [0.05, 0.1) is 18.3 Å². The highest BCUT2D eigenvalue weighted by molar-refractivity contribution is 8.00. The molecule has 0 heterocycles. The molecule has 1 aromatic rings. The van der Waals surface area contributed by atoms with Gasteiger partial charge in [-0.25, -0.2) is 0 Å². The van der Waals surface area contributed by atoms with E-state index in [1.54, 1.807) is 25.1 Å². The van der Waals surface area contributed by atoms with Gasteiger partial charge in [0.25, 0.3) is 0 Å². The third-order valence-electron chi connectivity index (χ3n) is 2.54. The summed E-state index contributed by atoms with van der Waals surface area (Å²) < 4.78 is 4.88. The van der Waals surface area contributed by atoms with E-state index in [0.29, 0.717) is 12.3 Å². The number of esters is 1. The number of anilines is 1. The van der Waals surface area contributed by atoms with Crippen molar-refractivity contribution in [3.05, 3.63) is 24.3 Å². The van der Waals surface area contributed by atoms with Crippen molar-refractivity contribution in [1.82, 2.24) is 0 Å². The summed E-state index contributed by atoms with van der Waals surface area (Å²) in [4.78, 5) is 35.0. The minimum Gasteiger partial charge on any atom is -0.466 e. The van der Waals surface area contributed by atoms with Crippen molar-refractivity contribution in [3.63, 3.8) is 0 Å². The molecule has 0 aliphatic rings. The Hall–Kier alpha value is -1.82. The van der Waals surface area contributed by atoms with Gasteiger partial charge in [-0.15, -0.1) is 11.8 Å². The molecule has 0 aromatic heterocycles. The van der Waals surface area contributed by atoms with E-state index >= 15 is 0 Å². The molecule has 0 aliphatic heterocycles. The average Bonchev–Trinajstić information content (AvgIpc) is 2.37. The van der Waals surface area contributed by atoms with Gasteiger partial charge < -0.3 is 10.1 Å². The molecule has 6 heteroatoms. The van der Waals surface area contributed by atoms with E-state index in [9.17, 15) is 14.4 Å². The van der Waals surface area contributed by atoms with Crippen LogP contribution in [0.25, 0.3) is 0 Å². The second kappa shape index (κ2) is 8.46.